The maximum absolute atomic E-state index is 10.8. The van der Waals surface area contributed by atoms with Crippen molar-refractivity contribution in [1.82, 2.24) is 20.2 Å². The van der Waals surface area contributed by atoms with Crippen molar-refractivity contribution < 1.29 is 5.11 Å². The van der Waals surface area contributed by atoms with Gasteiger partial charge in [0.05, 0.1) is 12.1 Å². The van der Waals surface area contributed by atoms with E-state index in [1.54, 1.807) is 16.9 Å². The summed E-state index contributed by atoms with van der Waals surface area (Å²) in [5.74, 6) is 0.579. The molecular weight excluding hydrogens is 350 g/mol. The molecule has 0 radical (unpaired) electrons. The molecule has 1 aromatic heterocycles. The summed E-state index contributed by atoms with van der Waals surface area (Å²) in [7, 11) is 0. The second kappa shape index (κ2) is 7.43. The van der Waals surface area contributed by atoms with Crippen molar-refractivity contribution in [3.05, 3.63) is 70.5 Å². The van der Waals surface area contributed by atoms with Crippen LogP contribution in [0.25, 0.3) is 0 Å². The van der Waals surface area contributed by atoms with Crippen LogP contribution < -0.4 is 5.32 Å². The molecule has 3 aromatic rings. The topological polar surface area (TPSA) is 75.9 Å². The smallest absolute Gasteiger partial charge is 0.193 e. The van der Waals surface area contributed by atoms with Gasteiger partial charge in [0.1, 0.15) is 6.10 Å². The molecule has 1 unspecified atom stereocenters. The molecule has 7 heteroatoms. The van der Waals surface area contributed by atoms with Gasteiger partial charge < -0.3 is 10.4 Å². The zero-order valence-corrected chi connectivity index (χ0v) is 15.8. The van der Waals surface area contributed by atoms with Crippen LogP contribution in [0.4, 0.5) is 5.69 Å². The summed E-state index contributed by atoms with van der Waals surface area (Å²) in [5, 5.41) is 27.2. The molecule has 2 aromatic carbocycles. The summed E-state index contributed by atoms with van der Waals surface area (Å²) in [4.78, 5) is 1.59. The third-order valence-corrected chi connectivity index (χ3v) is 4.15. The molecule has 1 heterocycles. The van der Waals surface area contributed by atoms with Crippen molar-refractivity contribution in [2.75, 3.05) is 5.32 Å². The fourth-order valence-electron chi connectivity index (χ4n) is 2.51. The van der Waals surface area contributed by atoms with Gasteiger partial charge in [-0.2, -0.15) is 4.80 Å². The van der Waals surface area contributed by atoms with Crippen LogP contribution in [0.1, 0.15) is 43.8 Å². The molecule has 0 aliphatic carbocycles. The van der Waals surface area contributed by atoms with Crippen molar-refractivity contribution in [2.24, 2.45) is 0 Å². The van der Waals surface area contributed by atoms with E-state index in [2.05, 4.69) is 20.7 Å². The Morgan fingerprint density at radius 1 is 1.15 bits per heavy atom. The maximum Gasteiger partial charge on any atom is 0.193 e. The Kier molecular flexibility index (Phi) is 5.25. The Morgan fingerprint density at radius 3 is 2.54 bits per heavy atom. The lowest BCUT2D eigenvalue weighted by molar-refractivity contribution is 0.221. The van der Waals surface area contributed by atoms with Gasteiger partial charge in [0, 0.05) is 16.3 Å². The molecule has 0 aliphatic rings. The summed E-state index contributed by atoms with van der Waals surface area (Å²) >= 11 is 6.14. The highest BCUT2D eigenvalue weighted by atomic mass is 35.5. The molecule has 0 bridgehead atoms. The van der Waals surface area contributed by atoms with E-state index in [1.807, 2.05) is 57.2 Å². The van der Waals surface area contributed by atoms with Gasteiger partial charge in [-0.15, -0.1) is 10.2 Å². The van der Waals surface area contributed by atoms with E-state index in [0.717, 1.165) is 11.3 Å². The SMILES string of the molecule is CC(C)(C)n1nnc(CNc2ccc(Cl)cc2C(O)c2ccccc2)n1. The van der Waals surface area contributed by atoms with Crippen molar-refractivity contribution in [3.8, 4) is 0 Å². The number of hydrogen-bond acceptors (Lipinski definition) is 5. The first kappa shape index (κ1) is 18.4. The van der Waals surface area contributed by atoms with E-state index in [-0.39, 0.29) is 5.54 Å². The zero-order chi connectivity index (χ0) is 18.7. The number of benzene rings is 2. The van der Waals surface area contributed by atoms with Gasteiger partial charge in [0.15, 0.2) is 5.82 Å². The van der Waals surface area contributed by atoms with Crippen molar-refractivity contribution in [3.63, 3.8) is 0 Å². The Bertz CT molecular complexity index is 873. The van der Waals surface area contributed by atoms with Gasteiger partial charge in [-0.25, -0.2) is 0 Å². The molecule has 2 N–H and O–H groups in total. The first-order valence-corrected chi connectivity index (χ1v) is 8.78. The largest absolute Gasteiger partial charge is 0.384 e. The van der Waals surface area contributed by atoms with Crippen molar-refractivity contribution >= 4 is 17.3 Å². The van der Waals surface area contributed by atoms with Crippen LogP contribution in [-0.4, -0.2) is 25.3 Å². The van der Waals surface area contributed by atoms with Crippen LogP contribution in [0.3, 0.4) is 0 Å². The number of tetrazole rings is 1. The minimum Gasteiger partial charge on any atom is -0.384 e. The third-order valence-electron chi connectivity index (χ3n) is 3.92. The van der Waals surface area contributed by atoms with E-state index in [4.69, 9.17) is 11.6 Å². The number of aromatic nitrogens is 4. The van der Waals surface area contributed by atoms with Crippen molar-refractivity contribution in [2.45, 2.75) is 39.0 Å². The molecule has 0 fully saturated rings. The van der Waals surface area contributed by atoms with E-state index < -0.39 is 6.10 Å². The summed E-state index contributed by atoms with van der Waals surface area (Å²) in [6.07, 6.45) is -0.782. The molecular formula is C19H22ClN5O. The number of aliphatic hydroxyl groups excluding tert-OH is 1. The Labute approximate surface area is 157 Å². The van der Waals surface area contributed by atoms with Crippen LogP contribution in [0.5, 0.6) is 0 Å². The number of nitrogens with one attached hydrogen (secondary N) is 1. The summed E-state index contributed by atoms with van der Waals surface area (Å²) in [6, 6.07) is 14.9. The standard InChI is InChI=1S/C19H22ClN5O/c1-19(2,3)25-23-17(22-24-25)12-21-16-10-9-14(20)11-15(16)18(26)13-7-5-4-6-8-13/h4-11,18,21,26H,12H2,1-3H3. The lowest BCUT2D eigenvalue weighted by Gasteiger charge is -2.17. The number of hydrogen-bond donors (Lipinski definition) is 2. The molecule has 0 amide bonds. The van der Waals surface area contributed by atoms with Crippen LogP contribution >= 0.6 is 11.6 Å². The first-order valence-electron chi connectivity index (χ1n) is 8.40. The van der Waals surface area contributed by atoms with Crippen LogP contribution in [0, 0.1) is 0 Å². The summed E-state index contributed by atoms with van der Waals surface area (Å²) in [6.45, 7) is 6.43. The van der Waals surface area contributed by atoms with Gasteiger partial charge in [-0.3, -0.25) is 0 Å². The Hall–Kier alpha value is -2.44. The van der Waals surface area contributed by atoms with Crippen LogP contribution in [0.2, 0.25) is 5.02 Å². The maximum atomic E-state index is 10.8. The lowest BCUT2D eigenvalue weighted by atomic mass is 10.00. The molecule has 0 saturated heterocycles. The van der Waals surface area contributed by atoms with Gasteiger partial charge in [0.25, 0.3) is 0 Å². The quantitative estimate of drug-likeness (QED) is 0.713. The zero-order valence-electron chi connectivity index (χ0n) is 15.0. The number of aliphatic hydroxyl groups is 1. The van der Waals surface area contributed by atoms with Gasteiger partial charge in [0.2, 0.25) is 0 Å². The van der Waals surface area contributed by atoms with Crippen LogP contribution in [-0.2, 0) is 12.1 Å². The Morgan fingerprint density at radius 2 is 1.88 bits per heavy atom. The molecule has 3 rings (SSSR count). The summed E-state index contributed by atoms with van der Waals surface area (Å²) < 4.78 is 0. The molecule has 26 heavy (non-hydrogen) atoms. The number of halogens is 1. The first-order chi connectivity index (χ1) is 12.3. The molecule has 0 saturated carbocycles. The third kappa shape index (κ3) is 4.20. The minimum absolute atomic E-state index is 0.222. The van der Waals surface area contributed by atoms with Gasteiger partial charge in [-0.05, 0) is 49.7 Å². The average molecular weight is 372 g/mol. The second-order valence-corrected chi connectivity index (χ2v) is 7.50. The van der Waals surface area contributed by atoms with Gasteiger partial charge in [-0.1, -0.05) is 41.9 Å². The number of rotatable bonds is 5. The van der Waals surface area contributed by atoms with E-state index >= 15 is 0 Å². The molecule has 6 nitrogen and oxygen atoms in total. The fraction of sp³-hybridized carbons (Fsp3) is 0.316. The average Bonchev–Trinajstić information content (AvgIpc) is 3.10. The van der Waals surface area contributed by atoms with Crippen molar-refractivity contribution in [1.29, 1.82) is 0 Å². The second-order valence-electron chi connectivity index (χ2n) is 7.06. The molecule has 136 valence electrons. The molecule has 0 aliphatic heterocycles. The highest BCUT2D eigenvalue weighted by Crippen LogP contribution is 2.31. The van der Waals surface area contributed by atoms with Gasteiger partial charge >= 0.3 is 0 Å². The highest BCUT2D eigenvalue weighted by Gasteiger charge is 2.18. The van der Waals surface area contributed by atoms with E-state index in [1.165, 1.54) is 0 Å². The van der Waals surface area contributed by atoms with Crippen LogP contribution in [0.15, 0.2) is 48.5 Å². The normalized spacial score (nSPS) is 12.8. The predicted octanol–water partition coefficient (Wildman–Crippen LogP) is 3.78. The fourth-order valence-corrected chi connectivity index (χ4v) is 2.69. The highest BCUT2D eigenvalue weighted by molar-refractivity contribution is 6.30. The predicted molar refractivity (Wildman–Crippen MR) is 102 cm³/mol. The van der Waals surface area contributed by atoms with E-state index in [0.29, 0.717) is 23.0 Å². The Balaban J connectivity index is 1.81. The monoisotopic (exact) mass is 371 g/mol. The summed E-state index contributed by atoms with van der Waals surface area (Å²) in [5.41, 5.74) is 2.06. The number of nitrogens with zero attached hydrogens (tertiary/aromatic N) is 4. The van der Waals surface area contributed by atoms with E-state index in [9.17, 15) is 5.11 Å². The molecule has 0 spiro atoms. The number of anilines is 1. The lowest BCUT2D eigenvalue weighted by Crippen LogP contribution is -2.24. The molecule has 1 atom stereocenters. The minimum atomic E-state index is -0.782.